The van der Waals surface area contributed by atoms with Crippen LogP contribution in [0.15, 0.2) is 0 Å². The number of rotatable bonds is 7. The van der Waals surface area contributed by atoms with Crippen LogP contribution in [0, 0.1) is 0 Å². The first-order valence-corrected chi connectivity index (χ1v) is 7.61. The molecule has 0 aromatic carbocycles. The molecule has 19 heavy (non-hydrogen) atoms. The second kappa shape index (κ2) is 7.85. The molecule has 4 nitrogen and oxygen atoms in total. The maximum atomic E-state index is 12.0. The number of hydrogen-bond donors (Lipinski definition) is 2. The molecular weight excluding hydrogens is 240 g/mol. The normalized spacial score (nSPS) is 22.0. The second-order valence-electron chi connectivity index (χ2n) is 6.18. The minimum Gasteiger partial charge on any atom is -0.378 e. The third kappa shape index (κ3) is 6.39. The molecule has 1 aliphatic rings. The van der Waals surface area contributed by atoms with Gasteiger partial charge in [-0.25, -0.2) is 0 Å². The van der Waals surface area contributed by atoms with Gasteiger partial charge in [0.2, 0.25) is 5.91 Å². The summed E-state index contributed by atoms with van der Waals surface area (Å²) in [5.74, 6) is 0.0800. The van der Waals surface area contributed by atoms with Crippen molar-refractivity contribution in [1.29, 1.82) is 0 Å². The highest BCUT2D eigenvalue weighted by Gasteiger charge is 2.21. The van der Waals surface area contributed by atoms with Crippen molar-refractivity contribution in [3.05, 3.63) is 0 Å². The van der Waals surface area contributed by atoms with Gasteiger partial charge in [-0.15, -0.1) is 0 Å². The average Bonchev–Trinajstić information content (AvgIpc) is 2.39. The summed E-state index contributed by atoms with van der Waals surface area (Å²) in [6.07, 6.45) is 5.92. The van der Waals surface area contributed by atoms with Gasteiger partial charge in [-0.2, -0.15) is 0 Å². The number of amides is 1. The van der Waals surface area contributed by atoms with Crippen LogP contribution in [0.2, 0.25) is 0 Å². The molecular formula is C15H30N2O2. The van der Waals surface area contributed by atoms with Gasteiger partial charge in [0.15, 0.2) is 0 Å². The Labute approximate surface area is 117 Å². The fourth-order valence-corrected chi connectivity index (χ4v) is 2.12. The van der Waals surface area contributed by atoms with Crippen molar-refractivity contribution in [2.75, 3.05) is 13.2 Å². The van der Waals surface area contributed by atoms with Gasteiger partial charge in [-0.05, 0) is 59.4 Å². The fraction of sp³-hybridized carbons (Fsp3) is 0.933. The predicted molar refractivity (Wildman–Crippen MR) is 78.2 cm³/mol. The standard InChI is InChI=1S/C15H30N2O2/c1-5-15(3,4)17-14(18)12(2)16-10-9-13-8-6-7-11-19-13/h12-13,16H,5-11H2,1-4H3,(H,17,18). The van der Waals surface area contributed by atoms with Crippen LogP contribution in [-0.2, 0) is 9.53 Å². The molecule has 1 aliphatic heterocycles. The quantitative estimate of drug-likeness (QED) is 0.746. The summed E-state index contributed by atoms with van der Waals surface area (Å²) in [5, 5.41) is 6.35. The molecule has 1 heterocycles. The molecule has 112 valence electrons. The zero-order valence-corrected chi connectivity index (χ0v) is 12.9. The average molecular weight is 270 g/mol. The molecule has 0 aromatic rings. The second-order valence-corrected chi connectivity index (χ2v) is 6.18. The minimum atomic E-state index is -0.144. The van der Waals surface area contributed by atoms with Crippen LogP contribution in [0.5, 0.6) is 0 Å². The van der Waals surface area contributed by atoms with E-state index in [1.807, 2.05) is 20.8 Å². The van der Waals surface area contributed by atoms with E-state index in [1.54, 1.807) is 0 Å². The van der Waals surface area contributed by atoms with Gasteiger partial charge in [-0.1, -0.05) is 6.92 Å². The largest absolute Gasteiger partial charge is 0.378 e. The molecule has 2 N–H and O–H groups in total. The number of hydrogen-bond acceptors (Lipinski definition) is 3. The topological polar surface area (TPSA) is 50.4 Å². The molecule has 0 spiro atoms. The van der Waals surface area contributed by atoms with Crippen molar-refractivity contribution < 1.29 is 9.53 Å². The van der Waals surface area contributed by atoms with Gasteiger partial charge < -0.3 is 15.4 Å². The van der Waals surface area contributed by atoms with Gasteiger partial charge in [0.25, 0.3) is 0 Å². The summed E-state index contributed by atoms with van der Waals surface area (Å²) in [6, 6.07) is -0.144. The Kier molecular flexibility index (Phi) is 6.80. The van der Waals surface area contributed by atoms with Crippen molar-refractivity contribution in [2.45, 2.75) is 77.5 Å². The Morgan fingerprint density at radius 3 is 2.74 bits per heavy atom. The Hall–Kier alpha value is -0.610. The molecule has 2 atom stereocenters. The van der Waals surface area contributed by atoms with Crippen molar-refractivity contribution >= 4 is 5.91 Å². The van der Waals surface area contributed by atoms with E-state index >= 15 is 0 Å². The van der Waals surface area contributed by atoms with Crippen molar-refractivity contribution in [3.8, 4) is 0 Å². The van der Waals surface area contributed by atoms with Crippen LogP contribution in [0.4, 0.5) is 0 Å². The molecule has 0 aliphatic carbocycles. The highest BCUT2D eigenvalue weighted by Crippen LogP contribution is 2.15. The molecule has 1 rings (SSSR count). The SMILES string of the molecule is CCC(C)(C)NC(=O)C(C)NCCC1CCCCO1. The monoisotopic (exact) mass is 270 g/mol. The number of carbonyl (C=O) groups is 1. The first-order valence-electron chi connectivity index (χ1n) is 7.61. The molecule has 4 heteroatoms. The lowest BCUT2D eigenvalue weighted by Gasteiger charge is -2.27. The maximum absolute atomic E-state index is 12.0. The van der Waals surface area contributed by atoms with Gasteiger partial charge in [0.05, 0.1) is 12.1 Å². The van der Waals surface area contributed by atoms with Crippen LogP contribution < -0.4 is 10.6 Å². The van der Waals surface area contributed by atoms with E-state index in [9.17, 15) is 4.79 Å². The first-order chi connectivity index (χ1) is 8.94. The maximum Gasteiger partial charge on any atom is 0.237 e. The molecule has 1 saturated heterocycles. The van der Waals surface area contributed by atoms with E-state index in [2.05, 4.69) is 17.6 Å². The van der Waals surface area contributed by atoms with E-state index in [0.717, 1.165) is 32.4 Å². The lowest BCUT2D eigenvalue weighted by atomic mass is 10.0. The molecule has 0 bridgehead atoms. The summed E-state index contributed by atoms with van der Waals surface area (Å²) >= 11 is 0. The van der Waals surface area contributed by atoms with Crippen LogP contribution in [-0.4, -0.2) is 36.7 Å². The fourth-order valence-electron chi connectivity index (χ4n) is 2.12. The summed E-state index contributed by atoms with van der Waals surface area (Å²) in [4.78, 5) is 12.0. The van der Waals surface area contributed by atoms with Gasteiger partial charge in [0, 0.05) is 12.1 Å². The van der Waals surface area contributed by atoms with Crippen molar-refractivity contribution in [1.82, 2.24) is 10.6 Å². The Bertz CT molecular complexity index is 273. The lowest BCUT2D eigenvalue weighted by molar-refractivity contribution is -0.124. The number of carbonyl (C=O) groups excluding carboxylic acids is 1. The van der Waals surface area contributed by atoms with Crippen LogP contribution in [0.3, 0.4) is 0 Å². The van der Waals surface area contributed by atoms with E-state index in [0.29, 0.717) is 6.10 Å². The van der Waals surface area contributed by atoms with E-state index in [-0.39, 0.29) is 17.5 Å². The number of ether oxygens (including phenoxy) is 1. The predicted octanol–water partition coefficient (Wildman–Crippen LogP) is 2.23. The summed E-state index contributed by atoms with van der Waals surface area (Å²) < 4.78 is 5.68. The molecule has 1 amide bonds. The zero-order chi connectivity index (χ0) is 14.3. The van der Waals surface area contributed by atoms with Gasteiger partial charge >= 0.3 is 0 Å². The molecule has 0 aromatic heterocycles. The van der Waals surface area contributed by atoms with E-state index < -0.39 is 0 Å². The molecule has 0 radical (unpaired) electrons. The first kappa shape index (κ1) is 16.4. The van der Waals surface area contributed by atoms with Crippen LogP contribution in [0.25, 0.3) is 0 Å². The van der Waals surface area contributed by atoms with Gasteiger partial charge in [0.1, 0.15) is 0 Å². The van der Waals surface area contributed by atoms with Crippen molar-refractivity contribution in [2.24, 2.45) is 0 Å². The van der Waals surface area contributed by atoms with Gasteiger partial charge in [-0.3, -0.25) is 4.79 Å². The lowest BCUT2D eigenvalue weighted by Crippen LogP contribution is -2.51. The summed E-state index contributed by atoms with van der Waals surface area (Å²) in [6.45, 7) is 9.83. The zero-order valence-electron chi connectivity index (χ0n) is 12.9. The molecule has 1 fully saturated rings. The molecule has 2 unspecified atom stereocenters. The Morgan fingerprint density at radius 2 is 2.16 bits per heavy atom. The minimum absolute atomic E-state index is 0.0800. The molecule has 0 saturated carbocycles. The van der Waals surface area contributed by atoms with Crippen molar-refractivity contribution in [3.63, 3.8) is 0 Å². The third-order valence-corrected chi connectivity index (χ3v) is 3.93. The number of nitrogens with one attached hydrogen (secondary N) is 2. The smallest absolute Gasteiger partial charge is 0.237 e. The summed E-state index contributed by atoms with van der Waals surface area (Å²) in [7, 11) is 0. The van der Waals surface area contributed by atoms with Crippen LogP contribution >= 0.6 is 0 Å². The van der Waals surface area contributed by atoms with E-state index in [1.165, 1.54) is 12.8 Å². The van der Waals surface area contributed by atoms with E-state index in [4.69, 9.17) is 4.74 Å². The highest BCUT2D eigenvalue weighted by molar-refractivity contribution is 5.81. The Morgan fingerprint density at radius 1 is 1.42 bits per heavy atom. The Balaban J connectivity index is 2.19. The highest BCUT2D eigenvalue weighted by atomic mass is 16.5. The third-order valence-electron chi connectivity index (χ3n) is 3.93. The summed E-state index contributed by atoms with van der Waals surface area (Å²) in [5.41, 5.74) is -0.125. The van der Waals surface area contributed by atoms with Crippen LogP contribution in [0.1, 0.15) is 59.8 Å².